The third-order valence-electron chi connectivity index (χ3n) is 6.78. The van der Waals surface area contributed by atoms with Gasteiger partial charge in [0.15, 0.2) is 0 Å². The molecule has 1 amide bonds. The number of benzene rings is 2. The first-order chi connectivity index (χ1) is 14.5. The van der Waals surface area contributed by atoms with Gasteiger partial charge >= 0.3 is 0 Å². The van der Waals surface area contributed by atoms with Crippen LogP contribution in [0.4, 0.5) is 0 Å². The third-order valence-corrected chi connectivity index (χ3v) is 6.78. The SMILES string of the molecule is C[C@H]1CN(Cc2ccccc2-c2ccncc2)CC[C@@]1(C)c1cccc(C(N)=O)c1. The summed E-state index contributed by atoms with van der Waals surface area (Å²) in [4.78, 5) is 18.3. The van der Waals surface area contributed by atoms with E-state index in [1.807, 2.05) is 24.5 Å². The maximum absolute atomic E-state index is 11.6. The van der Waals surface area contributed by atoms with Crippen LogP contribution in [0, 0.1) is 5.92 Å². The Balaban J connectivity index is 1.52. The second-order valence-electron chi connectivity index (χ2n) is 8.64. The van der Waals surface area contributed by atoms with Crippen molar-refractivity contribution in [1.29, 1.82) is 0 Å². The van der Waals surface area contributed by atoms with E-state index in [0.717, 1.165) is 26.1 Å². The van der Waals surface area contributed by atoms with Crippen molar-refractivity contribution in [2.75, 3.05) is 13.1 Å². The number of hydrogen-bond donors (Lipinski definition) is 1. The Morgan fingerprint density at radius 2 is 1.90 bits per heavy atom. The molecule has 1 aliphatic rings. The van der Waals surface area contributed by atoms with Gasteiger partial charge in [-0.05, 0) is 70.8 Å². The second kappa shape index (κ2) is 8.41. The summed E-state index contributed by atoms with van der Waals surface area (Å²) >= 11 is 0. The van der Waals surface area contributed by atoms with Crippen LogP contribution in [0.3, 0.4) is 0 Å². The number of primary amides is 1. The molecule has 2 heterocycles. The van der Waals surface area contributed by atoms with E-state index in [2.05, 4.69) is 66.2 Å². The van der Waals surface area contributed by atoms with Gasteiger partial charge < -0.3 is 5.73 Å². The number of nitrogens with two attached hydrogens (primary N) is 1. The lowest BCUT2D eigenvalue weighted by Crippen LogP contribution is -2.47. The lowest BCUT2D eigenvalue weighted by atomic mass is 9.67. The van der Waals surface area contributed by atoms with E-state index in [1.54, 1.807) is 6.07 Å². The topological polar surface area (TPSA) is 59.2 Å². The third kappa shape index (κ3) is 4.01. The Labute approximate surface area is 178 Å². The Morgan fingerprint density at radius 1 is 1.13 bits per heavy atom. The van der Waals surface area contributed by atoms with Crippen LogP contribution in [0.25, 0.3) is 11.1 Å². The van der Waals surface area contributed by atoms with Gasteiger partial charge in [0.1, 0.15) is 0 Å². The minimum Gasteiger partial charge on any atom is -0.366 e. The van der Waals surface area contributed by atoms with Crippen LogP contribution < -0.4 is 5.73 Å². The van der Waals surface area contributed by atoms with Crippen LogP contribution in [0.2, 0.25) is 0 Å². The van der Waals surface area contributed by atoms with E-state index >= 15 is 0 Å². The summed E-state index contributed by atoms with van der Waals surface area (Å²) in [5.74, 6) is 0.0979. The van der Waals surface area contributed by atoms with Gasteiger partial charge in [0, 0.05) is 31.0 Å². The largest absolute Gasteiger partial charge is 0.366 e. The predicted octanol–water partition coefficient (Wildman–Crippen LogP) is 4.65. The van der Waals surface area contributed by atoms with E-state index in [0.29, 0.717) is 11.5 Å². The normalized spacial score (nSPS) is 22.0. The van der Waals surface area contributed by atoms with Gasteiger partial charge in [0.25, 0.3) is 0 Å². The molecule has 4 nitrogen and oxygen atoms in total. The minimum atomic E-state index is -0.363. The number of amides is 1. The van der Waals surface area contributed by atoms with Crippen LogP contribution in [-0.2, 0) is 12.0 Å². The van der Waals surface area contributed by atoms with Gasteiger partial charge in [0.2, 0.25) is 5.91 Å². The van der Waals surface area contributed by atoms with Crippen LogP contribution in [0.5, 0.6) is 0 Å². The zero-order chi connectivity index (χ0) is 21.1. The Morgan fingerprint density at radius 3 is 2.63 bits per heavy atom. The van der Waals surface area contributed by atoms with E-state index < -0.39 is 0 Å². The number of carbonyl (C=O) groups is 1. The molecule has 2 atom stereocenters. The molecule has 1 saturated heterocycles. The van der Waals surface area contributed by atoms with E-state index in [4.69, 9.17) is 5.73 Å². The molecule has 4 heteroatoms. The number of piperidine rings is 1. The van der Waals surface area contributed by atoms with Crippen molar-refractivity contribution in [2.45, 2.75) is 32.2 Å². The zero-order valence-corrected chi connectivity index (χ0v) is 17.7. The molecule has 3 aromatic rings. The molecule has 1 aliphatic heterocycles. The summed E-state index contributed by atoms with van der Waals surface area (Å²) in [5.41, 5.74) is 11.2. The number of likely N-dealkylation sites (tertiary alicyclic amines) is 1. The fourth-order valence-electron chi connectivity index (χ4n) is 4.63. The molecule has 0 bridgehead atoms. The minimum absolute atomic E-state index is 0.0343. The number of carbonyl (C=O) groups excluding carboxylic acids is 1. The van der Waals surface area contributed by atoms with Crippen LogP contribution >= 0.6 is 0 Å². The van der Waals surface area contributed by atoms with Crippen molar-refractivity contribution in [3.05, 3.63) is 89.7 Å². The fourth-order valence-corrected chi connectivity index (χ4v) is 4.63. The van der Waals surface area contributed by atoms with Gasteiger partial charge in [-0.2, -0.15) is 0 Å². The highest BCUT2D eigenvalue weighted by Gasteiger charge is 2.38. The number of rotatable bonds is 5. The summed E-state index contributed by atoms with van der Waals surface area (Å²) in [7, 11) is 0. The van der Waals surface area contributed by atoms with Crippen molar-refractivity contribution in [1.82, 2.24) is 9.88 Å². The fraction of sp³-hybridized carbons (Fsp3) is 0.308. The zero-order valence-electron chi connectivity index (χ0n) is 17.7. The molecule has 2 N–H and O–H groups in total. The monoisotopic (exact) mass is 399 g/mol. The summed E-state index contributed by atoms with van der Waals surface area (Å²) in [6.45, 7) is 7.60. The molecular weight excluding hydrogens is 370 g/mol. The molecule has 1 aromatic heterocycles. The second-order valence-corrected chi connectivity index (χ2v) is 8.64. The van der Waals surface area contributed by atoms with Gasteiger partial charge in [0.05, 0.1) is 0 Å². The predicted molar refractivity (Wildman–Crippen MR) is 121 cm³/mol. The van der Waals surface area contributed by atoms with Gasteiger partial charge in [-0.1, -0.05) is 50.2 Å². The quantitative estimate of drug-likeness (QED) is 0.679. The van der Waals surface area contributed by atoms with Gasteiger partial charge in [-0.15, -0.1) is 0 Å². The first-order valence-electron chi connectivity index (χ1n) is 10.6. The lowest BCUT2D eigenvalue weighted by Gasteiger charge is -2.45. The first kappa shape index (κ1) is 20.3. The van der Waals surface area contributed by atoms with E-state index in [-0.39, 0.29) is 11.3 Å². The van der Waals surface area contributed by atoms with Gasteiger partial charge in [-0.25, -0.2) is 0 Å². The van der Waals surface area contributed by atoms with Gasteiger partial charge in [-0.3, -0.25) is 14.7 Å². The number of pyridine rings is 1. The highest BCUT2D eigenvalue weighted by atomic mass is 16.1. The molecule has 154 valence electrons. The average Bonchev–Trinajstić information content (AvgIpc) is 2.77. The average molecular weight is 400 g/mol. The van der Waals surface area contributed by atoms with Crippen molar-refractivity contribution < 1.29 is 4.79 Å². The summed E-state index contributed by atoms with van der Waals surface area (Å²) in [6, 6.07) is 20.6. The summed E-state index contributed by atoms with van der Waals surface area (Å²) < 4.78 is 0. The van der Waals surface area contributed by atoms with Crippen molar-refractivity contribution in [3.63, 3.8) is 0 Å². The number of aromatic nitrogens is 1. The molecule has 30 heavy (non-hydrogen) atoms. The molecule has 4 rings (SSSR count). The number of nitrogens with zero attached hydrogens (tertiary/aromatic N) is 2. The van der Waals surface area contributed by atoms with Crippen molar-refractivity contribution >= 4 is 5.91 Å². The number of hydrogen-bond acceptors (Lipinski definition) is 3. The van der Waals surface area contributed by atoms with E-state index in [9.17, 15) is 4.79 Å². The van der Waals surface area contributed by atoms with E-state index in [1.165, 1.54) is 22.3 Å². The van der Waals surface area contributed by atoms with Crippen molar-refractivity contribution in [2.24, 2.45) is 11.7 Å². The first-order valence-corrected chi connectivity index (χ1v) is 10.6. The Kier molecular flexibility index (Phi) is 5.69. The molecule has 0 unspecified atom stereocenters. The molecule has 0 spiro atoms. The maximum Gasteiger partial charge on any atom is 0.248 e. The highest BCUT2D eigenvalue weighted by molar-refractivity contribution is 5.93. The molecular formula is C26H29N3O. The smallest absolute Gasteiger partial charge is 0.248 e. The van der Waals surface area contributed by atoms with Crippen LogP contribution in [0.1, 0.15) is 41.8 Å². The standard InChI is InChI=1S/C26H29N3O/c1-19-17-29(15-12-26(19,2)23-8-5-7-21(16-23)25(27)30)18-22-6-3-4-9-24(22)20-10-13-28-14-11-20/h3-11,13-14,16,19H,12,15,17-18H2,1-2H3,(H2,27,30)/t19-,26+/m0/s1. The molecule has 1 fully saturated rings. The summed E-state index contributed by atoms with van der Waals surface area (Å²) in [6.07, 6.45) is 4.75. The Hall–Kier alpha value is -2.98. The summed E-state index contributed by atoms with van der Waals surface area (Å²) in [5, 5.41) is 0. The Bertz CT molecular complexity index is 1030. The highest BCUT2D eigenvalue weighted by Crippen LogP contribution is 2.40. The maximum atomic E-state index is 11.6. The molecule has 0 saturated carbocycles. The molecule has 2 aromatic carbocycles. The molecule has 0 radical (unpaired) electrons. The van der Waals surface area contributed by atoms with Crippen LogP contribution in [-0.4, -0.2) is 28.9 Å². The van der Waals surface area contributed by atoms with Crippen molar-refractivity contribution in [3.8, 4) is 11.1 Å². The molecule has 0 aliphatic carbocycles. The lowest BCUT2D eigenvalue weighted by molar-refractivity contribution is 0.0996. The van der Waals surface area contributed by atoms with Crippen LogP contribution in [0.15, 0.2) is 73.1 Å².